The highest BCUT2D eigenvalue weighted by Crippen LogP contribution is 2.34. The van der Waals surface area contributed by atoms with E-state index in [1.165, 1.54) is 0 Å². The van der Waals surface area contributed by atoms with Crippen molar-refractivity contribution < 1.29 is 13.9 Å². The number of alkyl halides is 1. The van der Waals surface area contributed by atoms with Gasteiger partial charge in [0.25, 0.3) is 0 Å². The van der Waals surface area contributed by atoms with Gasteiger partial charge < -0.3 is 4.74 Å². The van der Waals surface area contributed by atoms with Crippen LogP contribution in [-0.2, 0) is 9.53 Å². The van der Waals surface area contributed by atoms with Crippen molar-refractivity contribution in [3.63, 3.8) is 0 Å². The molecule has 0 aromatic heterocycles. The number of ether oxygens (including phenoxy) is 1. The van der Waals surface area contributed by atoms with Crippen LogP contribution in [-0.4, -0.2) is 18.7 Å². The normalized spacial score (nSPS) is 28.2. The van der Waals surface area contributed by atoms with E-state index in [9.17, 15) is 9.18 Å². The Morgan fingerprint density at radius 1 is 1.73 bits per heavy atom. The van der Waals surface area contributed by atoms with Crippen LogP contribution in [0.3, 0.4) is 0 Å². The quantitative estimate of drug-likeness (QED) is 0.462. The van der Waals surface area contributed by atoms with Crippen molar-refractivity contribution >= 4 is 5.97 Å². The van der Waals surface area contributed by atoms with Gasteiger partial charge in [-0.05, 0) is 12.8 Å². The molecule has 0 N–H and O–H groups in total. The third-order valence-electron chi connectivity index (χ3n) is 1.76. The van der Waals surface area contributed by atoms with Gasteiger partial charge in [-0.2, -0.15) is 0 Å². The highest BCUT2D eigenvalue weighted by molar-refractivity contribution is 5.76. The van der Waals surface area contributed by atoms with Crippen molar-refractivity contribution in [3.05, 3.63) is 0 Å². The lowest BCUT2D eigenvalue weighted by Crippen LogP contribution is -2.09. The molecule has 11 heavy (non-hydrogen) atoms. The van der Waals surface area contributed by atoms with Crippen LogP contribution in [0.1, 0.15) is 26.2 Å². The van der Waals surface area contributed by atoms with Crippen LogP contribution in [0.15, 0.2) is 0 Å². The SMILES string of the molecule is CCCCOC(=O)[C@H]1C[C@H]1F. The summed E-state index contributed by atoms with van der Waals surface area (Å²) >= 11 is 0. The van der Waals surface area contributed by atoms with Gasteiger partial charge in [0.15, 0.2) is 0 Å². The van der Waals surface area contributed by atoms with E-state index in [0.29, 0.717) is 13.0 Å². The molecule has 2 atom stereocenters. The minimum absolute atomic E-state index is 0.356. The first-order chi connectivity index (χ1) is 5.25. The van der Waals surface area contributed by atoms with Crippen LogP contribution in [0.5, 0.6) is 0 Å². The Hall–Kier alpha value is -0.600. The van der Waals surface area contributed by atoms with Gasteiger partial charge in [0.1, 0.15) is 6.17 Å². The van der Waals surface area contributed by atoms with Crippen LogP contribution in [0.4, 0.5) is 4.39 Å². The zero-order valence-corrected chi connectivity index (χ0v) is 6.68. The Bertz CT molecular complexity index is 147. The summed E-state index contributed by atoms with van der Waals surface area (Å²) in [4.78, 5) is 10.8. The maximum Gasteiger partial charge on any atom is 0.312 e. The molecule has 1 rings (SSSR count). The summed E-state index contributed by atoms with van der Waals surface area (Å²) in [5.74, 6) is -0.794. The van der Waals surface area contributed by atoms with E-state index in [1.54, 1.807) is 0 Å². The number of halogens is 1. The first kappa shape index (κ1) is 8.50. The number of carbonyl (C=O) groups is 1. The second-order valence-corrected chi connectivity index (χ2v) is 2.88. The molecule has 0 aromatic rings. The fraction of sp³-hybridized carbons (Fsp3) is 0.875. The molecule has 0 aromatic carbocycles. The lowest BCUT2D eigenvalue weighted by atomic mass is 10.3. The zero-order valence-electron chi connectivity index (χ0n) is 6.68. The van der Waals surface area contributed by atoms with E-state index in [0.717, 1.165) is 12.8 Å². The standard InChI is InChI=1S/C8H13FO2/c1-2-3-4-11-8(10)6-5-7(6)9/h6-7H,2-5H2,1H3/t6-,7+/m0/s1. The summed E-state index contributed by atoms with van der Waals surface area (Å²) in [5, 5.41) is 0. The van der Waals surface area contributed by atoms with Gasteiger partial charge in [-0.15, -0.1) is 0 Å². The zero-order chi connectivity index (χ0) is 8.27. The topological polar surface area (TPSA) is 26.3 Å². The molecule has 0 saturated heterocycles. The molecule has 0 unspecified atom stereocenters. The van der Waals surface area contributed by atoms with Gasteiger partial charge >= 0.3 is 5.97 Å². The predicted octanol–water partition coefficient (Wildman–Crippen LogP) is 1.69. The maximum absolute atomic E-state index is 12.2. The van der Waals surface area contributed by atoms with E-state index >= 15 is 0 Å². The Balaban J connectivity index is 2.03. The van der Waals surface area contributed by atoms with Gasteiger partial charge in [0, 0.05) is 0 Å². The van der Waals surface area contributed by atoms with E-state index in [2.05, 4.69) is 0 Å². The molecule has 0 aliphatic heterocycles. The second kappa shape index (κ2) is 3.69. The average Bonchev–Trinajstić information content (AvgIpc) is 2.67. The molecule has 64 valence electrons. The number of unbranched alkanes of at least 4 members (excludes halogenated alkanes) is 1. The summed E-state index contributed by atoms with van der Waals surface area (Å²) in [5.41, 5.74) is 0. The summed E-state index contributed by atoms with van der Waals surface area (Å²) in [7, 11) is 0. The molecule has 0 bridgehead atoms. The van der Waals surface area contributed by atoms with Crippen molar-refractivity contribution in [2.75, 3.05) is 6.61 Å². The average molecular weight is 160 g/mol. The fourth-order valence-corrected chi connectivity index (χ4v) is 0.832. The van der Waals surface area contributed by atoms with Crippen molar-refractivity contribution in [2.45, 2.75) is 32.4 Å². The van der Waals surface area contributed by atoms with E-state index in [-0.39, 0.29) is 5.97 Å². The smallest absolute Gasteiger partial charge is 0.312 e. The lowest BCUT2D eigenvalue weighted by molar-refractivity contribution is -0.145. The van der Waals surface area contributed by atoms with Crippen LogP contribution < -0.4 is 0 Å². The minimum atomic E-state index is -0.927. The third-order valence-corrected chi connectivity index (χ3v) is 1.76. The Labute approximate surface area is 65.7 Å². The summed E-state index contributed by atoms with van der Waals surface area (Å²) in [6, 6.07) is 0. The van der Waals surface area contributed by atoms with Gasteiger partial charge in [-0.1, -0.05) is 13.3 Å². The van der Waals surface area contributed by atoms with E-state index in [1.807, 2.05) is 6.92 Å². The lowest BCUT2D eigenvalue weighted by Gasteiger charge is -2.00. The minimum Gasteiger partial charge on any atom is -0.465 e. The first-order valence-electron chi connectivity index (χ1n) is 4.06. The number of esters is 1. The van der Waals surface area contributed by atoms with Crippen molar-refractivity contribution in [3.8, 4) is 0 Å². The number of hydrogen-bond acceptors (Lipinski definition) is 2. The summed E-state index contributed by atoms with van der Waals surface area (Å²) in [6.07, 6.45) is 1.31. The third kappa shape index (κ3) is 2.48. The molecule has 1 aliphatic rings. The first-order valence-corrected chi connectivity index (χ1v) is 4.06. The molecule has 3 heteroatoms. The predicted molar refractivity (Wildman–Crippen MR) is 38.9 cm³/mol. The highest BCUT2D eigenvalue weighted by atomic mass is 19.1. The molecule has 0 amide bonds. The molecular weight excluding hydrogens is 147 g/mol. The molecule has 0 radical (unpaired) electrons. The molecular formula is C8H13FO2. The monoisotopic (exact) mass is 160 g/mol. The Kier molecular flexibility index (Phi) is 2.85. The van der Waals surface area contributed by atoms with Crippen LogP contribution >= 0.6 is 0 Å². The van der Waals surface area contributed by atoms with E-state index in [4.69, 9.17) is 4.74 Å². The highest BCUT2D eigenvalue weighted by Gasteiger charge is 2.44. The van der Waals surface area contributed by atoms with Crippen LogP contribution in [0.2, 0.25) is 0 Å². The van der Waals surface area contributed by atoms with Crippen molar-refractivity contribution in [1.82, 2.24) is 0 Å². The number of rotatable bonds is 4. The molecule has 1 aliphatic carbocycles. The molecule has 1 saturated carbocycles. The summed E-state index contributed by atoms with van der Waals surface area (Å²) < 4.78 is 17.0. The Morgan fingerprint density at radius 2 is 2.36 bits per heavy atom. The second-order valence-electron chi connectivity index (χ2n) is 2.88. The van der Waals surface area contributed by atoms with Gasteiger partial charge in [-0.3, -0.25) is 4.79 Å². The van der Waals surface area contributed by atoms with Crippen LogP contribution in [0, 0.1) is 5.92 Å². The van der Waals surface area contributed by atoms with Gasteiger partial charge in [0.2, 0.25) is 0 Å². The van der Waals surface area contributed by atoms with Gasteiger partial charge in [-0.25, -0.2) is 4.39 Å². The molecule has 0 spiro atoms. The van der Waals surface area contributed by atoms with E-state index < -0.39 is 12.1 Å². The van der Waals surface area contributed by atoms with Crippen molar-refractivity contribution in [1.29, 1.82) is 0 Å². The molecule has 0 heterocycles. The van der Waals surface area contributed by atoms with Crippen LogP contribution in [0.25, 0.3) is 0 Å². The van der Waals surface area contributed by atoms with Gasteiger partial charge in [0.05, 0.1) is 12.5 Å². The maximum atomic E-state index is 12.2. The number of carbonyl (C=O) groups excluding carboxylic acids is 1. The van der Waals surface area contributed by atoms with Crippen molar-refractivity contribution in [2.24, 2.45) is 5.92 Å². The Morgan fingerprint density at radius 3 is 2.82 bits per heavy atom. The fourth-order valence-electron chi connectivity index (χ4n) is 0.832. The molecule has 1 fully saturated rings. The largest absolute Gasteiger partial charge is 0.465 e. The number of hydrogen-bond donors (Lipinski definition) is 0. The molecule has 2 nitrogen and oxygen atoms in total. The summed E-state index contributed by atoms with van der Waals surface area (Å²) in [6.45, 7) is 2.46.